The number of thiophene rings is 1. The summed E-state index contributed by atoms with van der Waals surface area (Å²) in [5.74, 6) is 0.272. The van der Waals surface area contributed by atoms with Gasteiger partial charge in [0, 0.05) is 30.1 Å². The van der Waals surface area contributed by atoms with Gasteiger partial charge in [0.05, 0.1) is 11.4 Å². The molecule has 0 radical (unpaired) electrons. The van der Waals surface area contributed by atoms with Crippen molar-refractivity contribution in [2.75, 3.05) is 26.7 Å². The summed E-state index contributed by atoms with van der Waals surface area (Å²) in [6, 6.07) is 5.10. The lowest BCUT2D eigenvalue weighted by Gasteiger charge is -2.42. The van der Waals surface area contributed by atoms with E-state index in [1.54, 1.807) is 11.3 Å². The van der Waals surface area contributed by atoms with Crippen molar-refractivity contribution in [1.82, 2.24) is 9.80 Å². The molecule has 2 heterocycles. The summed E-state index contributed by atoms with van der Waals surface area (Å²) >= 11 is 1.65. The van der Waals surface area contributed by atoms with Gasteiger partial charge in [-0.05, 0) is 39.4 Å². The van der Waals surface area contributed by atoms with Crippen LogP contribution in [0.25, 0.3) is 0 Å². The standard InChI is InChI=1S/C15H24N2OS/c1-5-13-6-7-15(19-13)14(18)10-17-8-11(2)16(4)12(3)9-17/h6-7,11-12H,5,8-10H2,1-4H3. The fourth-order valence-electron chi connectivity index (χ4n) is 2.64. The molecule has 0 aliphatic carbocycles. The topological polar surface area (TPSA) is 23.6 Å². The van der Waals surface area contributed by atoms with Gasteiger partial charge < -0.3 is 0 Å². The number of carbonyl (C=O) groups is 1. The molecule has 1 aliphatic rings. The molecule has 0 bridgehead atoms. The van der Waals surface area contributed by atoms with E-state index in [0.717, 1.165) is 24.4 Å². The highest BCUT2D eigenvalue weighted by Crippen LogP contribution is 2.19. The zero-order chi connectivity index (χ0) is 14.0. The molecule has 4 heteroatoms. The molecule has 0 saturated carbocycles. The smallest absolute Gasteiger partial charge is 0.186 e. The van der Waals surface area contributed by atoms with Crippen LogP contribution < -0.4 is 0 Å². The van der Waals surface area contributed by atoms with Gasteiger partial charge in [0.2, 0.25) is 0 Å². The maximum absolute atomic E-state index is 12.3. The number of rotatable bonds is 4. The summed E-state index contributed by atoms with van der Waals surface area (Å²) in [7, 11) is 2.17. The van der Waals surface area contributed by atoms with Crippen molar-refractivity contribution in [1.29, 1.82) is 0 Å². The molecule has 1 fully saturated rings. The van der Waals surface area contributed by atoms with Gasteiger partial charge in [-0.25, -0.2) is 0 Å². The second-order valence-electron chi connectivity index (χ2n) is 5.60. The van der Waals surface area contributed by atoms with Gasteiger partial charge in [-0.1, -0.05) is 6.92 Å². The van der Waals surface area contributed by atoms with E-state index in [1.807, 2.05) is 6.07 Å². The minimum Gasteiger partial charge on any atom is -0.298 e. The van der Waals surface area contributed by atoms with Crippen LogP contribution >= 0.6 is 11.3 Å². The van der Waals surface area contributed by atoms with Gasteiger partial charge in [0.25, 0.3) is 0 Å². The molecule has 0 aromatic carbocycles. The Hall–Kier alpha value is -0.710. The summed E-state index contributed by atoms with van der Waals surface area (Å²) in [6.07, 6.45) is 1.01. The van der Waals surface area contributed by atoms with Gasteiger partial charge in [0.1, 0.15) is 0 Å². The molecule has 2 rings (SSSR count). The Kier molecular flexibility index (Phi) is 4.76. The predicted molar refractivity (Wildman–Crippen MR) is 81.2 cm³/mol. The number of piperazine rings is 1. The minimum absolute atomic E-state index is 0.272. The van der Waals surface area contributed by atoms with Crippen molar-refractivity contribution < 1.29 is 4.79 Å². The maximum atomic E-state index is 12.3. The van der Waals surface area contributed by atoms with E-state index >= 15 is 0 Å². The van der Waals surface area contributed by atoms with Crippen molar-refractivity contribution in [2.24, 2.45) is 0 Å². The van der Waals surface area contributed by atoms with Crippen LogP contribution in [0.4, 0.5) is 0 Å². The monoisotopic (exact) mass is 280 g/mol. The van der Waals surface area contributed by atoms with Crippen LogP contribution in [-0.2, 0) is 6.42 Å². The van der Waals surface area contributed by atoms with Crippen LogP contribution in [0.15, 0.2) is 12.1 Å². The number of likely N-dealkylation sites (N-methyl/N-ethyl adjacent to an activating group) is 1. The first-order valence-corrected chi connectivity index (χ1v) is 7.89. The number of nitrogens with zero attached hydrogens (tertiary/aromatic N) is 2. The van der Waals surface area contributed by atoms with Gasteiger partial charge in [-0.2, -0.15) is 0 Å². The van der Waals surface area contributed by atoms with Crippen LogP contribution in [0.2, 0.25) is 0 Å². The number of aryl methyl sites for hydroxylation is 1. The van der Waals surface area contributed by atoms with Crippen LogP contribution in [0.3, 0.4) is 0 Å². The van der Waals surface area contributed by atoms with E-state index in [9.17, 15) is 4.79 Å². The van der Waals surface area contributed by atoms with Crippen molar-refractivity contribution in [3.63, 3.8) is 0 Å². The third kappa shape index (κ3) is 3.44. The van der Waals surface area contributed by atoms with Crippen LogP contribution in [0.1, 0.15) is 35.3 Å². The second kappa shape index (κ2) is 6.16. The Morgan fingerprint density at radius 2 is 1.95 bits per heavy atom. The quantitative estimate of drug-likeness (QED) is 0.792. The molecule has 19 heavy (non-hydrogen) atoms. The SMILES string of the molecule is CCc1ccc(C(=O)CN2CC(C)N(C)C(C)C2)s1. The molecule has 1 aromatic rings. The minimum atomic E-state index is 0.272. The molecule has 2 unspecified atom stereocenters. The van der Waals surface area contributed by atoms with Crippen LogP contribution in [0, 0.1) is 0 Å². The molecule has 2 atom stereocenters. The summed E-state index contributed by atoms with van der Waals surface area (Å²) in [4.78, 5) is 19.2. The summed E-state index contributed by atoms with van der Waals surface area (Å²) in [5, 5.41) is 0. The Bertz CT molecular complexity index is 431. The normalized spacial score (nSPS) is 25.7. The number of carbonyl (C=O) groups excluding carboxylic acids is 1. The number of hydrogen-bond donors (Lipinski definition) is 0. The van der Waals surface area contributed by atoms with E-state index in [0.29, 0.717) is 18.6 Å². The largest absolute Gasteiger partial charge is 0.298 e. The lowest BCUT2D eigenvalue weighted by molar-refractivity contribution is 0.0551. The van der Waals surface area contributed by atoms with Gasteiger partial charge in [0.15, 0.2) is 5.78 Å². The predicted octanol–water partition coefficient (Wildman–Crippen LogP) is 2.52. The molecule has 1 saturated heterocycles. The Labute approximate surface area is 120 Å². The fourth-order valence-corrected chi connectivity index (χ4v) is 3.52. The van der Waals surface area contributed by atoms with Crippen LogP contribution in [-0.4, -0.2) is 54.3 Å². The second-order valence-corrected chi connectivity index (χ2v) is 6.77. The fraction of sp³-hybridized carbons (Fsp3) is 0.667. The summed E-state index contributed by atoms with van der Waals surface area (Å²) in [5.41, 5.74) is 0. The first kappa shape index (κ1) is 14.7. The van der Waals surface area contributed by atoms with E-state index < -0.39 is 0 Å². The first-order valence-electron chi connectivity index (χ1n) is 7.07. The number of hydrogen-bond acceptors (Lipinski definition) is 4. The lowest BCUT2D eigenvalue weighted by Crippen LogP contribution is -2.55. The highest BCUT2D eigenvalue weighted by molar-refractivity contribution is 7.14. The van der Waals surface area contributed by atoms with Gasteiger partial charge in [-0.3, -0.25) is 14.6 Å². The average Bonchev–Trinajstić information content (AvgIpc) is 2.84. The Morgan fingerprint density at radius 3 is 2.47 bits per heavy atom. The molecular weight excluding hydrogens is 256 g/mol. The Balaban J connectivity index is 1.95. The highest BCUT2D eigenvalue weighted by atomic mass is 32.1. The molecule has 1 aliphatic heterocycles. The van der Waals surface area contributed by atoms with Gasteiger partial charge in [-0.15, -0.1) is 11.3 Å². The van der Waals surface area contributed by atoms with Crippen LogP contribution in [0.5, 0.6) is 0 Å². The molecule has 1 aromatic heterocycles. The zero-order valence-electron chi connectivity index (χ0n) is 12.3. The van der Waals surface area contributed by atoms with E-state index in [2.05, 4.69) is 43.7 Å². The van der Waals surface area contributed by atoms with Crippen molar-refractivity contribution >= 4 is 17.1 Å². The number of Topliss-reactive ketones (excluding diaryl/α,β-unsaturated/α-hetero) is 1. The third-order valence-electron chi connectivity index (χ3n) is 4.09. The maximum Gasteiger partial charge on any atom is 0.186 e. The van der Waals surface area contributed by atoms with Gasteiger partial charge >= 0.3 is 0 Å². The number of ketones is 1. The van der Waals surface area contributed by atoms with Crippen molar-refractivity contribution in [3.8, 4) is 0 Å². The average molecular weight is 280 g/mol. The van der Waals surface area contributed by atoms with Crippen molar-refractivity contribution in [2.45, 2.75) is 39.3 Å². The summed E-state index contributed by atoms with van der Waals surface area (Å²) in [6.45, 7) is 9.12. The summed E-state index contributed by atoms with van der Waals surface area (Å²) < 4.78 is 0. The van der Waals surface area contributed by atoms with Crippen molar-refractivity contribution in [3.05, 3.63) is 21.9 Å². The Morgan fingerprint density at radius 1 is 1.32 bits per heavy atom. The zero-order valence-corrected chi connectivity index (χ0v) is 13.2. The molecule has 0 N–H and O–H groups in total. The van der Waals surface area contributed by atoms with E-state index in [-0.39, 0.29) is 5.78 Å². The van der Waals surface area contributed by atoms with E-state index in [4.69, 9.17) is 0 Å². The molecule has 106 valence electrons. The molecular formula is C15H24N2OS. The molecule has 0 amide bonds. The highest BCUT2D eigenvalue weighted by Gasteiger charge is 2.27. The molecule has 0 spiro atoms. The first-order chi connectivity index (χ1) is 9.01. The van der Waals surface area contributed by atoms with E-state index in [1.165, 1.54) is 4.88 Å². The lowest BCUT2D eigenvalue weighted by atomic mass is 10.1. The third-order valence-corrected chi connectivity index (χ3v) is 5.36. The molecule has 3 nitrogen and oxygen atoms in total.